The van der Waals surface area contributed by atoms with Crippen LogP contribution in [0.1, 0.15) is 25.8 Å². The molecule has 0 aromatic heterocycles. The Bertz CT molecular complexity index is 332. The molecule has 82 valence electrons. The molecule has 0 saturated heterocycles. The Morgan fingerprint density at radius 1 is 1.33 bits per heavy atom. The molecule has 0 atom stereocenters. The highest BCUT2D eigenvalue weighted by molar-refractivity contribution is 5.65. The Labute approximate surface area is 91.9 Å². The Kier molecular flexibility index (Phi) is 2.85. The summed E-state index contributed by atoms with van der Waals surface area (Å²) in [6, 6.07) is 6.90. The van der Waals surface area contributed by atoms with Crippen molar-refractivity contribution in [2.24, 2.45) is 0 Å². The Hall–Kier alpha value is -1.18. The SMILES string of the molecule is COc1cccc2c1N(C(C)C)CCC2. The highest BCUT2D eigenvalue weighted by Gasteiger charge is 2.22. The number of nitrogens with zero attached hydrogens (tertiary/aromatic N) is 1. The lowest BCUT2D eigenvalue weighted by molar-refractivity contribution is 0.411. The Morgan fingerprint density at radius 3 is 2.80 bits per heavy atom. The molecule has 1 aromatic carbocycles. The first kappa shape index (κ1) is 10.3. The molecule has 1 aliphatic heterocycles. The van der Waals surface area contributed by atoms with Crippen LogP contribution in [-0.4, -0.2) is 19.7 Å². The van der Waals surface area contributed by atoms with Gasteiger partial charge < -0.3 is 9.64 Å². The van der Waals surface area contributed by atoms with Gasteiger partial charge in [-0.3, -0.25) is 0 Å². The molecule has 0 N–H and O–H groups in total. The third-order valence-corrected chi connectivity index (χ3v) is 3.06. The van der Waals surface area contributed by atoms with E-state index in [2.05, 4.69) is 36.9 Å². The number of rotatable bonds is 2. The molecule has 0 unspecified atom stereocenters. The smallest absolute Gasteiger partial charge is 0.142 e. The van der Waals surface area contributed by atoms with E-state index in [0.717, 1.165) is 12.3 Å². The van der Waals surface area contributed by atoms with Crippen LogP contribution >= 0.6 is 0 Å². The van der Waals surface area contributed by atoms with Crippen molar-refractivity contribution < 1.29 is 4.74 Å². The fourth-order valence-electron chi connectivity index (χ4n) is 2.33. The molecule has 2 heteroatoms. The topological polar surface area (TPSA) is 12.5 Å². The molecular formula is C13H19NO. The van der Waals surface area contributed by atoms with Gasteiger partial charge in [0.05, 0.1) is 12.8 Å². The van der Waals surface area contributed by atoms with Crippen LogP contribution in [0.4, 0.5) is 5.69 Å². The molecule has 0 aliphatic carbocycles. The summed E-state index contributed by atoms with van der Waals surface area (Å²) in [7, 11) is 1.75. The molecule has 1 aromatic rings. The molecule has 0 bridgehead atoms. The van der Waals surface area contributed by atoms with Crippen molar-refractivity contribution in [3.05, 3.63) is 23.8 Å². The number of hydrogen-bond acceptors (Lipinski definition) is 2. The quantitative estimate of drug-likeness (QED) is 0.736. The lowest BCUT2D eigenvalue weighted by Crippen LogP contribution is -2.35. The molecule has 2 nitrogen and oxygen atoms in total. The summed E-state index contributed by atoms with van der Waals surface area (Å²) in [6.45, 7) is 5.62. The van der Waals surface area contributed by atoms with Crippen LogP contribution in [0.3, 0.4) is 0 Å². The lowest BCUT2D eigenvalue weighted by atomic mass is 10.00. The van der Waals surface area contributed by atoms with Gasteiger partial charge in [-0.1, -0.05) is 12.1 Å². The second kappa shape index (κ2) is 4.13. The summed E-state index contributed by atoms with van der Waals surface area (Å²) in [6.07, 6.45) is 2.42. The maximum atomic E-state index is 5.45. The average molecular weight is 205 g/mol. The van der Waals surface area contributed by atoms with Gasteiger partial charge in [0.25, 0.3) is 0 Å². The summed E-state index contributed by atoms with van der Waals surface area (Å²) in [5.41, 5.74) is 2.73. The van der Waals surface area contributed by atoms with Gasteiger partial charge >= 0.3 is 0 Å². The van der Waals surface area contributed by atoms with Crippen LogP contribution in [0.5, 0.6) is 5.75 Å². The molecule has 1 heterocycles. The number of aryl methyl sites for hydroxylation is 1. The fourth-order valence-corrected chi connectivity index (χ4v) is 2.33. The van der Waals surface area contributed by atoms with Gasteiger partial charge in [0.1, 0.15) is 5.75 Å². The van der Waals surface area contributed by atoms with Gasteiger partial charge in [-0.15, -0.1) is 0 Å². The summed E-state index contributed by atoms with van der Waals surface area (Å²) in [5.74, 6) is 1.01. The van der Waals surface area contributed by atoms with Gasteiger partial charge in [-0.2, -0.15) is 0 Å². The average Bonchev–Trinajstić information content (AvgIpc) is 2.27. The minimum absolute atomic E-state index is 0.542. The number of hydrogen-bond donors (Lipinski definition) is 0. The van der Waals surface area contributed by atoms with E-state index >= 15 is 0 Å². The van der Waals surface area contributed by atoms with E-state index < -0.39 is 0 Å². The number of anilines is 1. The highest BCUT2D eigenvalue weighted by Crippen LogP contribution is 2.36. The minimum Gasteiger partial charge on any atom is -0.495 e. The van der Waals surface area contributed by atoms with E-state index in [9.17, 15) is 0 Å². The molecule has 0 amide bonds. The number of benzene rings is 1. The molecule has 0 saturated carbocycles. The number of para-hydroxylation sites is 1. The standard InChI is InChI=1S/C13H19NO/c1-10(2)14-9-5-7-11-6-4-8-12(15-3)13(11)14/h4,6,8,10H,5,7,9H2,1-3H3. The third kappa shape index (κ3) is 1.81. The molecule has 2 rings (SSSR count). The maximum Gasteiger partial charge on any atom is 0.142 e. The second-order valence-electron chi connectivity index (χ2n) is 4.36. The number of fused-ring (bicyclic) bond motifs is 1. The maximum absolute atomic E-state index is 5.45. The van der Waals surface area contributed by atoms with Crippen molar-refractivity contribution in [2.75, 3.05) is 18.6 Å². The molecule has 0 fully saturated rings. The fraction of sp³-hybridized carbons (Fsp3) is 0.538. The first-order valence-electron chi connectivity index (χ1n) is 5.66. The normalized spacial score (nSPS) is 15.3. The first-order valence-corrected chi connectivity index (χ1v) is 5.66. The van der Waals surface area contributed by atoms with E-state index in [-0.39, 0.29) is 0 Å². The van der Waals surface area contributed by atoms with Crippen LogP contribution < -0.4 is 9.64 Å². The van der Waals surface area contributed by atoms with E-state index in [1.807, 2.05) is 0 Å². The van der Waals surface area contributed by atoms with E-state index in [4.69, 9.17) is 4.74 Å². The van der Waals surface area contributed by atoms with E-state index in [0.29, 0.717) is 6.04 Å². The zero-order valence-electron chi connectivity index (χ0n) is 9.79. The van der Waals surface area contributed by atoms with Gasteiger partial charge in [0.2, 0.25) is 0 Å². The molecule has 0 spiro atoms. The van der Waals surface area contributed by atoms with Crippen molar-refractivity contribution in [2.45, 2.75) is 32.7 Å². The van der Waals surface area contributed by atoms with Gasteiger partial charge in [-0.25, -0.2) is 0 Å². The van der Waals surface area contributed by atoms with Gasteiger partial charge in [-0.05, 0) is 38.3 Å². The third-order valence-electron chi connectivity index (χ3n) is 3.06. The van der Waals surface area contributed by atoms with Crippen molar-refractivity contribution in [3.63, 3.8) is 0 Å². The van der Waals surface area contributed by atoms with Crippen LogP contribution in [0.2, 0.25) is 0 Å². The van der Waals surface area contributed by atoms with Crippen molar-refractivity contribution in [3.8, 4) is 5.75 Å². The van der Waals surface area contributed by atoms with Crippen molar-refractivity contribution >= 4 is 5.69 Å². The van der Waals surface area contributed by atoms with Gasteiger partial charge in [0, 0.05) is 12.6 Å². The Balaban J connectivity index is 2.47. The molecule has 1 aliphatic rings. The van der Waals surface area contributed by atoms with E-state index in [1.54, 1.807) is 7.11 Å². The lowest BCUT2D eigenvalue weighted by Gasteiger charge is -2.35. The van der Waals surface area contributed by atoms with Crippen molar-refractivity contribution in [1.82, 2.24) is 0 Å². The van der Waals surface area contributed by atoms with Gasteiger partial charge in [0.15, 0.2) is 0 Å². The highest BCUT2D eigenvalue weighted by atomic mass is 16.5. The van der Waals surface area contributed by atoms with Crippen LogP contribution in [0, 0.1) is 0 Å². The summed E-state index contributed by atoms with van der Waals surface area (Å²) in [5, 5.41) is 0. The number of ether oxygens (including phenoxy) is 1. The zero-order chi connectivity index (χ0) is 10.8. The summed E-state index contributed by atoms with van der Waals surface area (Å²) in [4.78, 5) is 2.44. The predicted molar refractivity (Wildman–Crippen MR) is 63.8 cm³/mol. The molecular weight excluding hydrogens is 186 g/mol. The zero-order valence-corrected chi connectivity index (χ0v) is 9.79. The predicted octanol–water partition coefficient (Wildman–Crippen LogP) is 2.86. The minimum atomic E-state index is 0.542. The van der Waals surface area contributed by atoms with Crippen LogP contribution in [0.25, 0.3) is 0 Å². The van der Waals surface area contributed by atoms with Crippen molar-refractivity contribution in [1.29, 1.82) is 0 Å². The first-order chi connectivity index (χ1) is 7.24. The summed E-state index contributed by atoms with van der Waals surface area (Å²) >= 11 is 0. The largest absolute Gasteiger partial charge is 0.495 e. The summed E-state index contributed by atoms with van der Waals surface area (Å²) < 4.78 is 5.45. The molecule has 15 heavy (non-hydrogen) atoms. The second-order valence-corrected chi connectivity index (χ2v) is 4.36. The molecule has 0 radical (unpaired) electrons. The van der Waals surface area contributed by atoms with Crippen LogP contribution in [-0.2, 0) is 6.42 Å². The monoisotopic (exact) mass is 205 g/mol. The number of methoxy groups -OCH3 is 1. The van der Waals surface area contributed by atoms with E-state index in [1.165, 1.54) is 24.1 Å². The van der Waals surface area contributed by atoms with Crippen LogP contribution in [0.15, 0.2) is 18.2 Å². The Morgan fingerprint density at radius 2 is 2.13 bits per heavy atom.